The number of carbonyl (C=O) groups excluding carboxylic acids is 1. The molecule has 0 bridgehead atoms. The van der Waals surface area contributed by atoms with Gasteiger partial charge in [0.05, 0.1) is 17.6 Å². The summed E-state index contributed by atoms with van der Waals surface area (Å²) in [5, 5.41) is 13.9. The monoisotopic (exact) mass is 397 g/mol. The van der Waals surface area contributed by atoms with Gasteiger partial charge in [-0.1, -0.05) is 36.4 Å². The summed E-state index contributed by atoms with van der Waals surface area (Å²) in [5.41, 5.74) is 1.93. The zero-order valence-corrected chi connectivity index (χ0v) is 16.7. The first kappa shape index (κ1) is 21.0. The van der Waals surface area contributed by atoms with Crippen LogP contribution >= 0.6 is 0 Å². The van der Waals surface area contributed by atoms with Crippen molar-refractivity contribution in [2.24, 2.45) is 0 Å². The number of rotatable bonds is 8. The number of hydrogen-bond donors (Lipinski definition) is 1. The molecule has 1 heterocycles. The molecule has 0 aromatic heterocycles. The van der Waals surface area contributed by atoms with Crippen LogP contribution in [0.5, 0.6) is 0 Å². The molecule has 0 radical (unpaired) electrons. The van der Waals surface area contributed by atoms with E-state index in [1.807, 2.05) is 18.2 Å². The lowest BCUT2D eigenvalue weighted by atomic mass is 10.1. The minimum atomic E-state index is -0.461. The maximum atomic E-state index is 12.3. The maximum absolute atomic E-state index is 12.3. The molecule has 3 rings (SSSR count). The first-order valence-corrected chi connectivity index (χ1v) is 9.97. The van der Waals surface area contributed by atoms with Crippen molar-refractivity contribution in [3.63, 3.8) is 0 Å². The molecule has 1 amide bonds. The van der Waals surface area contributed by atoms with Crippen molar-refractivity contribution in [1.29, 1.82) is 0 Å². The Balaban J connectivity index is 1.40. The second-order valence-corrected chi connectivity index (χ2v) is 7.24. The van der Waals surface area contributed by atoms with Crippen molar-refractivity contribution in [3.05, 3.63) is 75.3 Å². The molecule has 7 heteroatoms. The van der Waals surface area contributed by atoms with Crippen molar-refractivity contribution < 1.29 is 14.5 Å². The molecular formula is C22H27N3O4. The number of unbranched alkanes of at least 4 members (excludes halogenated alkanes) is 1. The third-order valence-corrected chi connectivity index (χ3v) is 5.26. The van der Waals surface area contributed by atoms with Gasteiger partial charge in [-0.25, -0.2) is 0 Å². The number of amides is 1. The Kier molecular flexibility index (Phi) is 7.32. The lowest BCUT2D eigenvalue weighted by molar-refractivity contribution is -0.385. The molecule has 2 aromatic rings. The fourth-order valence-corrected chi connectivity index (χ4v) is 3.60. The second kappa shape index (κ2) is 10.1. The van der Waals surface area contributed by atoms with Crippen LogP contribution < -0.4 is 5.32 Å². The van der Waals surface area contributed by atoms with E-state index in [9.17, 15) is 14.9 Å². The van der Waals surface area contributed by atoms with Crippen LogP contribution in [0, 0.1) is 17.0 Å². The van der Waals surface area contributed by atoms with Crippen LogP contribution in [0.2, 0.25) is 0 Å². The van der Waals surface area contributed by atoms with Crippen molar-refractivity contribution in [1.82, 2.24) is 10.2 Å². The Morgan fingerprint density at radius 2 is 2.00 bits per heavy atom. The molecule has 0 aliphatic carbocycles. The maximum Gasteiger partial charge on any atom is 0.273 e. The summed E-state index contributed by atoms with van der Waals surface area (Å²) in [5.74, 6) is -0.262. The summed E-state index contributed by atoms with van der Waals surface area (Å²) in [6.45, 7) is 5.63. The van der Waals surface area contributed by atoms with Gasteiger partial charge in [-0.3, -0.25) is 19.8 Å². The van der Waals surface area contributed by atoms with Crippen molar-refractivity contribution in [2.75, 3.05) is 32.8 Å². The molecule has 1 saturated heterocycles. The molecule has 7 nitrogen and oxygen atoms in total. The lowest BCUT2D eigenvalue weighted by Crippen LogP contribution is -2.39. The number of nitro benzene ring substituents is 1. The molecule has 1 fully saturated rings. The van der Waals surface area contributed by atoms with E-state index in [2.05, 4.69) is 22.3 Å². The van der Waals surface area contributed by atoms with E-state index in [1.165, 1.54) is 11.6 Å². The van der Waals surface area contributed by atoms with Gasteiger partial charge >= 0.3 is 0 Å². The zero-order valence-electron chi connectivity index (χ0n) is 16.7. The van der Waals surface area contributed by atoms with Crippen LogP contribution in [-0.4, -0.2) is 48.5 Å². The van der Waals surface area contributed by atoms with E-state index in [-0.39, 0.29) is 17.7 Å². The third kappa shape index (κ3) is 5.62. The highest BCUT2D eigenvalue weighted by Crippen LogP contribution is 2.22. The van der Waals surface area contributed by atoms with E-state index in [0.29, 0.717) is 17.7 Å². The highest BCUT2D eigenvalue weighted by molar-refractivity contribution is 5.96. The average Bonchev–Trinajstić information content (AvgIpc) is 2.74. The van der Waals surface area contributed by atoms with Crippen LogP contribution in [0.15, 0.2) is 48.5 Å². The van der Waals surface area contributed by atoms with E-state index in [0.717, 1.165) is 39.1 Å². The minimum Gasteiger partial charge on any atom is -0.371 e. The van der Waals surface area contributed by atoms with Crippen LogP contribution in [0.3, 0.4) is 0 Å². The summed E-state index contributed by atoms with van der Waals surface area (Å²) in [4.78, 5) is 25.3. The molecule has 1 aliphatic heterocycles. The molecule has 1 aliphatic rings. The van der Waals surface area contributed by atoms with E-state index in [1.54, 1.807) is 19.1 Å². The normalized spacial score (nSPS) is 17.1. The molecule has 1 atom stereocenters. The molecule has 2 aromatic carbocycles. The summed E-state index contributed by atoms with van der Waals surface area (Å²) in [6.07, 6.45) is 1.93. The van der Waals surface area contributed by atoms with Gasteiger partial charge in [0.15, 0.2) is 0 Å². The van der Waals surface area contributed by atoms with Gasteiger partial charge in [0.1, 0.15) is 0 Å². The lowest BCUT2D eigenvalue weighted by Gasteiger charge is -2.33. The van der Waals surface area contributed by atoms with E-state index >= 15 is 0 Å². The number of nitrogens with zero attached hydrogens (tertiary/aromatic N) is 2. The van der Waals surface area contributed by atoms with Gasteiger partial charge < -0.3 is 10.1 Å². The van der Waals surface area contributed by atoms with E-state index < -0.39 is 4.92 Å². The van der Waals surface area contributed by atoms with Gasteiger partial charge in [0.25, 0.3) is 11.6 Å². The number of carbonyl (C=O) groups is 1. The number of ether oxygens (including phenoxy) is 1. The predicted molar refractivity (Wildman–Crippen MR) is 111 cm³/mol. The van der Waals surface area contributed by atoms with Crippen LogP contribution in [0.25, 0.3) is 0 Å². The Bertz CT molecular complexity index is 841. The average molecular weight is 397 g/mol. The van der Waals surface area contributed by atoms with Crippen molar-refractivity contribution in [2.45, 2.75) is 25.9 Å². The molecule has 0 spiro atoms. The van der Waals surface area contributed by atoms with Gasteiger partial charge in [-0.2, -0.15) is 0 Å². The van der Waals surface area contributed by atoms with Gasteiger partial charge in [0.2, 0.25) is 0 Å². The Morgan fingerprint density at radius 3 is 2.76 bits per heavy atom. The molecule has 29 heavy (non-hydrogen) atoms. The first-order chi connectivity index (χ1) is 14.1. The number of benzene rings is 2. The summed E-state index contributed by atoms with van der Waals surface area (Å²) >= 11 is 0. The second-order valence-electron chi connectivity index (χ2n) is 7.24. The minimum absolute atomic E-state index is 0.0297. The quantitative estimate of drug-likeness (QED) is 0.419. The Labute approximate surface area is 170 Å². The smallest absolute Gasteiger partial charge is 0.273 e. The highest BCUT2D eigenvalue weighted by Gasteiger charge is 2.21. The topological polar surface area (TPSA) is 84.7 Å². The number of nitro groups is 1. The molecule has 0 saturated carbocycles. The fraction of sp³-hybridized carbons (Fsp3) is 0.409. The van der Waals surface area contributed by atoms with Crippen molar-refractivity contribution in [3.8, 4) is 0 Å². The standard InChI is InChI=1S/C22H27N3O4/c1-17-19(10-7-11-20(17)25(27)28)22(26)23-12-5-6-13-24-14-15-29-21(16-24)18-8-3-2-4-9-18/h2-4,7-11,21H,5-6,12-16H2,1H3,(H,23,26). The van der Waals surface area contributed by atoms with E-state index in [4.69, 9.17) is 4.74 Å². The third-order valence-electron chi connectivity index (χ3n) is 5.26. The number of nitrogens with one attached hydrogen (secondary N) is 1. The highest BCUT2D eigenvalue weighted by atomic mass is 16.6. The largest absolute Gasteiger partial charge is 0.371 e. The zero-order chi connectivity index (χ0) is 20.6. The molecular weight excluding hydrogens is 370 g/mol. The van der Waals surface area contributed by atoms with Crippen molar-refractivity contribution >= 4 is 11.6 Å². The summed E-state index contributed by atoms with van der Waals surface area (Å²) < 4.78 is 5.89. The predicted octanol–water partition coefficient (Wildman–Crippen LogP) is 3.49. The van der Waals surface area contributed by atoms with Gasteiger partial charge in [0, 0.05) is 36.8 Å². The fourth-order valence-electron chi connectivity index (χ4n) is 3.60. The Hall–Kier alpha value is -2.77. The Morgan fingerprint density at radius 1 is 1.21 bits per heavy atom. The van der Waals surface area contributed by atoms with Crippen LogP contribution in [0.4, 0.5) is 5.69 Å². The molecule has 154 valence electrons. The van der Waals surface area contributed by atoms with Crippen LogP contribution in [0.1, 0.15) is 40.4 Å². The molecule has 1 N–H and O–H groups in total. The van der Waals surface area contributed by atoms with Gasteiger partial charge in [-0.05, 0) is 37.9 Å². The first-order valence-electron chi connectivity index (χ1n) is 9.97. The summed E-state index contributed by atoms with van der Waals surface area (Å²) in [7, 11) is 0. The van der Waals surface area contributed by atoms with Crippen LogP contribution in [-0.2, 0) is 4.74 Å². The summed E-state index contributed by atoms with van der Waals surface area (Å²) in [6, 6.07) is 14.8. The van der Waals surface area contributed by atoms with Gasteiger partial charge in [-0.15, -0.1) is 0 Å². The number of hydrogen-bond acceptors (Lipinski definition) is 5. The molecule has 1 unspecified atom stereocenters. The number of morpholine rings is 1. The SMILES string of the molecule is Cc1c(C(=O)NCCCCN2CCOC(c3ccccc3)C2)cccc1[N+](=O)[O-].